The molecule has 1 atom stereocenters. The molecule has 1 rings (SSSR count). The molecule has 0 bridgehead atoms. The van der Waals surface area contributed by atoms with E-state index in [9.17, 15) is 14.0 Å². The number of rotatable bonds is 4. The standard InChI is InChI=1S/C12H13BrFNO2/c1-3-11(16)7(2)15-12(17)8-4-5-9(13)10(14)6-8/h4-7H,3H2,1-2H3,(H,15,17). The molecule has 0 spiro atoms. The molecule has 0 aromatic heterocycles. The average molecular weight is 302 g/mol. The van der Waals surface area contributed by atoms with Crippen LogP contribution < -0.4 is 5.32 Å². The summed E-state index contributed by atoms with van der Waals surface area (Å²) in [5.74, 6) is -1.02. The molecule has 92 valence electrons. The van der Waals surface area contributed by atoms with Gasteiger partial charge in [-0.25, -0.2) is 4.39 Å². The molecule has 1 amide bonds. The van der Waals surface area contributed by atoms with Crippen LogP contribution in [-0.2, 0) is 4.79 Å². The molecule has 0 saturated heterocycles. The van der Waals surface area contributed by atoms with Crippen LogP contribution in [0, 0.1) is 5.82 Å². The Morgan fingerprint density at radius 3 is 2.65 bits per heavy atom. The van der Waals surface area contributed by atoms with Gasteiger partial charge in [-0.3, -0.25) is 9.59 Å². The lowest BCUT2D eigenvalue weighted by Gasteiger charge is -2.11. The molecular formula is C12H13BrFNO2. The molecule has 1 aromatic rings. The van der Waals surface area contributed by atoms with Crippen molar-refractivity contribution in [1.29, 1.82) is 0 Å². The van der Waals surface area contributed by atoms with Crippen LogP contribution in [-0.4, -0.2) is 17.7 Å². The number of Topliss-reactive ketones (excluding diaryl/α,β-unsaturated/α-hetero) is 1. The van der Waals surface area contributed by atoms with Crippen LogP contribution >= 0.6 is 15.9 Å². The first-order valence-electron chi connectivity index (χ1n) is 5.24. The van der Waals surface area contributed by atoms with Crippen molar-refractivity contribution in [2.45, 2.75) is 26.3 Å². The van der Waals surface area contributed by atoms with Crippen molar-refractivity contribution in [3.05, 3.63) is 34.1 Å². The van der Waals surface area contributed by atoms with Crippen LogP contribution in [0.2, 0.25) is 0 Å². The highest BCUT2D eigenvalue weighted by atomic mass is 79.9. The number of carbonyl (C=O) groups is 2. The Morgan fingerprint density at radius 1 is 1.47 bits per heavy atom. The minimum absolute atomic E-state index is 0.0593. The third kappa shape index (κ3) is 3.63. The Morgan fingerprint density at radius 2 is 2.12 bits per heavy atom. The second-order valence-electron chi connectivity index (χ2n) is 3.64. The normalized spacial score (nSPS) is 12.0. The molecule has 0 aliphatic heterocycles. The van der Waals surface area contributed by atoms with Crippen LogP contribution in [0.4, 0.5) is 4.39 Å². The first-order valence-corrected chi connectivity index (χ1v) is 6.03. The second-order valence-corrected chi connectivity index (χ2v) is 4.50. The number of amides is 1. The maximum atomic E-state index is 13.2. The van der Waals surface area contributed by atoms with E-state index in [-0.39, 0.29) is 11.3 Å². The average Bonchev–Trinajstić information content (AvgIpc) is 2.31. The zero-order chi connectivity index (χ0) is 13.0. The molecule has 0 aliphatic rings. The van der Waals surface area contributed by atoms with Crippen LogP contribution in [0.3, 0.4) is 0 Å². The van der Waals surface area contributed by atoms with E-state index in [1.54, 1.807) is 13.8 Å². The van der Waals surface area contributed by atoms with Crippen LogP contribution in [0.1, 0.15) is 30.6 Å². The van der Waals surface area contributed by atoms with Gasteiger partial charge in [0.2, 0.25) is 0 Å². The number of ketones is 1. The third-order valence-corrected chi connectivity index (χ3v) is 3.00. The fourth-order valence-electron chi connectivity index (χ4n) is 1.30. The van der Waals surface area contributed by atoms with E-state index in [4.69, 9.17) is 0 Å². The molecule has 0 radical (unpaired) electrons. The first kappa shape index (κ1) is 13.8. The molecule has 0 aliphatic carbocycles. The van der Waals surface area contributed by atoms with Gasteiger partial charge in [-0.2, -0.15) is 0 Å². The first-order chi connectivity index (χ1) is 7.95. The molecule has 1 aromatic carbocycles. The predicted octanol–water partition coefficient (Wildman–Crippen LogP) is 2.69. The number of hydrogen-bond donors (Lipinski definition) is 1. The molecular weight excluding hydrogens is 289 g/mol. The van der Waals surface area contributed by atoms with Crippen molar-refractivity contribution in [2.24, 2.45) is 0 Å². The van der Waals surface area contributed by atoms with Gasteiger partial charge in [0.15, 0.2) is 5.78 Å². The summed E-state index contributed by atoms with van der Waals surface area (Å²) in [7, 11) is 0. The zero-order valence-corrected chi connectivity index (χ0v) is 11.2. The lowest BCUT2D eigenvalue weighted by Crippen LogP contribution is -2.38. The van der Waals surface area contributed by atoms with Crippen molar-refractivity contribution in [3.63, 3.8) is 0 Å². The summed E-state index contributed by atoms with van der Waals surface area (Å²) in [6.45, 7) is 3.34. The quantitative estimate of drug-likeness (QED) is 0.929. The Bertz CT molecular complexity index is 448. The molecule has 0 fully saturated rings. The molecule has 0 saturated carbocycles. The fourth-order valence-corrected chi connectivity index (χ4v) is 1.55. The number of carbonyl (C=O) groups excluding carboxylic acids is 2. The monoisotopic (exact) mass is 301 g/mol. The Kier molecular flexibility index (Phi) is 4.81. The maximum Gasteiger partial charge on any atom is 0.251 e. The fraction of sp³-hybridized carbons (Fsp3) is 0.333. The lowest BCUT2D eigenvalue weighted by atomic mass is 10.1. The topological polar surface area (TPSA) is 46.2 Å². The summed E-state index contributed by atoms with van der Waals surface area (Å²) < 4.78 is 13.5. The lowest BCUT2D eigenvalue weighted by molar-refractivity contribution is -0.120. The van der Waals surface area contributed by atoms with E-state index >= 15 is 0 Å². The van der Waals surface area contributed by atoms with Gasteiger partial charge in [-0.15, -0.1) is 0 Å². The summed E-state index contributed by atoms with van der Waals surface area (Å²) in [4.78, 5) is 23.0. The van der Waals surface area contributed by atoms with Crippen LogP contribution in [0.15, 0.2) is 22.7 Å². The predicted molar refractivity (Wildman–Crippen MR) is 66.3 cm³/mol. The Balaban J connectivity index is 2.76. The molecule has 0 heterocycles. The molecule has 3 nitrogen and oxygen atoms in total. The van der Waals surface area contributed by atoms with Crippen LogP contribution in [0.25, 0.3) is 0 Å². The van der Waals surface area contributed by atoms with E-state index in [0.29, 0.717) is 10.9 Å². The zero-order valence-electron chi connectivity index (χ0n) is 9.59. The van der Waals surface area contributed by atoms with Gasteiger partial charge in [0.25, 0.3) is 5.91 Å². The van der Waals surface area contributed by atoms with Gasteiger partial charge >= 0.3 is 0 Å². The molecule has 5 heteroatoms. The Hall–Kier alpha value is -1.23. The molecule has 1 N–H and O–H groups in total. The summed E-state index contributed by atoms with van der Waals surface area (Å²) in [6, 6.07) is 3.52. The molecule has 1 unspecified atom stereocenters. The second kappa shape index (κ2) is 5.91. The maximum absolute atomic E-state index is 13.2. The highest BCUT2D eigenvalue weighted by Crippen LogP contribution is 2.16. The third-order valence-electron chi connectivity index (χ3n) is 2.36. The van der Waals surface area contributed by atoms with E-state index in [1.807, 2.05) is 0 Å². The van der Waals surface area contributed by atoms with Gasteiger partial charge in [-0.1, -0.05) is 6.92 Å². The van der Waals surface area contributed by atoms with Gasteiger partial charge in [-0.05, 0) is 41.1 Å². The summed E-state index contributed by atoms with van der Waals surface area (Å²) >= 11 is 3.00. The van der Waals surface area contributed by atoms with Crippen molar-refractivity contribution in [3.8, 4) is 0 Å². The van der Waals surface area contributed by atoms with Gasteiger partial charge < -0.3 is 5.32 Å². The van der Waals surface area contributed by atoms with E-state index in [2.05, 4.69) is 21.2 Å². The van der Waals surface area contributed by atoms with Crippen LogP contribution in [0.5, 0.6) is 0 Å². The van der Waals surface area contributed by atoms with Crippen molar-refractivity contribution >= 4 is 27.6 Å². The SMILES string of the molecule is CCC(=O)C(C)NC(=O)c1ccc(Br)c(F)c1. The number of benzene rings is 1. The van der Waals surface area contributed by atoms with Crippen molar-refractivity contribution in [2.75, 3.05) is 0 Å². The summed E-state index contributed by atoms with van der Waals surface area (Å²) in [5, 5.41) is 2.52. The molecule has 17 heavy (non-hydrogen) atoms. The van der Waals surface area contributed by atoms with Crippen molar-refractivity contribution in [1.82, 2.24) is 5.32 Å². The Labute approximate surface area is 108 Å². The van der Waals surface area contributed by atoms with E-state index in [0.717, 1.165) is 6.07 Å². The number of halogens is 2. The summed E-state index contributed by atoms with van der Waals surface area (Å²) in [5.41, 5.74) is 0.196. The van der Waals surface area contributed by atoms with Gasteiger partial charge in [0.1, 0.15) is 5.82 Å². The minimum Gasteiger partial charge on any atom is -0.343 e. The number of hydrogen-bond acceptors (Lipinski definition) is 2. The van der Waals surface area contributed by atoms with Gasteiger partial charge in [0.05, 0.1) is 10.5 Å². The van der Waals surface area contributed by atoms with Crippen molar-refractivity contribution < 1.29 is 14.0 Å². The van der Waals surface area contributed by atoms with Gasteiger partial charge in [0, 0.05) is 12.0 Å². The summed E-state index contributed by atoms with van der Waals surface area (Å²) in [6.07, 6.45) is 0.357. The van der Waals surface area contributed by atoms with E-state index < -0.39 is 17.8 Å². The smallest absolute Gasteiger partial charge is 0.251 e. The highest BCUT2D eigenvalue weighted by molar-refractivity contribution is 9.10. The highest BCUT2D eigenvalue weighted by Gasteiger charge is 2.15. The van der Waals surface area contributed by atoms with E-state index in [1.165, 1.54) is 12.1 Å². The largest absolute Gasteiger partial charge is 0.343 e. The minimum atomic E-state index is -0.556. The number of nitrogens with one attached hydrogen (secondary N) is 1.